The first-order valence-electron chi connectivity index (χ1n) is 10.9. The molecule has 3 rings (SSSR count). The number of halogens is 1. The highest BCUT2D eigenvalue weighted by Crippen LogP contribution is 2.37. The first kappa shape index (κ1) is 25.5. The van der Waals surface area contributed by atoms with Gasteiger partial charge in [-0.05, 0) is 67.1 Å². The number of para-hydroxylation sites is 1. The van der Waals surface area contributed by atoms with Crippen molar-refractivity contribution < 1.29 is 23.7 Å². The summed E-state index contributed by atoms with van der Waals surface area (Å²) in [7, 11) is 1.60. The van der Waals surface area contributed by atoms with Crippen molar-refractivity contribution in [3.05, 3.63) is 82.9 Å². The summed E-state index contributed by atoms with van der Waals surface area (Å²) in [5.41, 5.74) is 1.04. The SMILES string of the molecule is CCOc1cc(/C=C(\C#N)C(=O)Nc2ccccc2)cc(Cl)c1OCCOc1ccc(OC)cc1. The summed E-state index contributed by atoms with van der Waals surface area (Å²) < 4.78 is 22.3. The van der Waals surface area contributed by atoms with E-state index >= 15 is 0 Å². The average molecular weight is 493 g/mol. The number of hydrogen-bond donors (Lipinski definition) is 1. The molecule has 0 heterocycles. The lowest BCUT2D eigenvalue weighted by Crippen LogP contribution is -2.13. The Morgan fingerprint density at radius 2 is 1.69 bits per heavy atom. The second kappa shape index (κ2) is 12.9. The van der Waals surface area contributed by atoms with Crippen LogP contribution >= 0.6 is 11.6 Å². The molecule has 3 aromatic rings. The van der Waals surface area contributed by atoms with Gasteiger partial charge in [0.1, 0.15) is 36.4 Å². The Hall–Kier alpha value is -4.15. The quantitative estimate of drug-likeness (QED) is 0.208. The normalized spacial score (nSPS) is 10.7. The Balaban J connectivity index is 1.70. The number of benzene rings is 3. The van der Waals surface area contributed by atoms with E-state index in [0.717, 1.165) is 5.75 Å². The lowest BCUT2D eigenvalue weighted by atomic mass is 10.1. The highest BCUT2D eigenvalue weighted by molar-refractivity contribution is 6.32. The summed E-state index contributed by atoms with van der Waals surface area (Å²) in [6.45, 7) is 2.72. The van der Waals surface area contributed by atoms with E-state index in [1.165, 1.54) is 6.08 Å². The third-order valence-electron chi connectivity index (χ3n) is 4.70. The predicted octanol–water partition coefficient (Wildman–Crippen LogP) is 5.75. The van der Waals surface area contributed by atoms with Crippen molar-refractivity contribution in [3.63, 3.8) is 0 Å². The van der Waals surface area contributed by atoms with Crippen LogP contribution in [0.15, 0.2) is 72.3 Å². The molecule has 0 fully saturated rings. The Kier molecular flexibility index (Phi) is 9.40. The Labute approximate surface area is 209 Å². The highest BCUT2D eigenvalue weighted by Gasteiger charge is 2.15. The van der Waals surface area contributed by atoms with Crippen molar-refractivity contribution in [2.45, 2.75) is 6.92 Å². The Bertz CT molecular complexity index is 1200. The zero-order valence-electron chi connectivity index (χ0n) is 19.4. The van der Waals surface area contributed by atoms with Gasteiger partial charge in [-0.1, -0.05) is 29.8 Å². The van der Waals surface area contributed by atoms with E-state index in [2.05, 4.69) is 5.32 Å². The zero-order chi connectivity index (χ0) is 25.0. The van der Waals surface area contributed by atoms with Crippen LogP contribution in [-0.4, -0.2) is 32.8 Å². The van der Waals surface area contributed by atoms with Gasteiger partial charge in [-0.2, -0.15) is 5.26 Å². The minimum absolute atomic E-state index is 0.0751. The molecular weight excluding hydrogens is 468 g/mol. The summed E-state index contributed by atoms with van der Waals surface area (Å²) >= 11 is 6.46. The number of nitrogens with one attached hydrogen (secondary N) is 1. The molecular formula is C27H25ClN2O5. The van der Waals surface area contributed by atoms with Crippen molar-refractivity contribution in [1.29, 1.82) is 5.26 Å². The van der Waals surface area contributed by atoms with Gasteiger partial charge in [0.15, 0.2) is 11.5 Å². The van der Waals surface area contributed by atoms with E-state index in [0.29, 0.717) is 35.1 Å². The first-order chi connectivity index (χ1) is 17.0. The maximum absolute atomic E-state index is 12.5. The van der Waals surface area contributed by atoms with Crippen LogP contribution in [0.1, 0.15) is 12.5 Å². The molecule has 7 nitrogen and oxygen atoms in total. The molecule has 0 aliphatic heterocycles. The molecule has 35 heavy (non-hydrogen) atoms. The molecule has 0 aliphatic rings. The van der Waals surface area contributed by atoms with E-state index in [9.17, 15) is 10.1 Å². The van der Waals surface area contributed by atoms with E-state index in [4.69, 9.17) is 30.5 Å². The predicted molar refractivity (Wildman–Crippen MR) is 135 cm³/mol. The number of anilines is 1. The van der Waals surface area contributed by atoms with Crippen LogP contribution in [0.3, 0.4) is 0 Å². The van der Waals surface area contributed by atoms with Crippen LogP contribution in [0.5, 0.6) is 23.0 Å². The first-order valence-corrected chi connectivity index (χ1v) is 11.3. The number of amides is 1. The molecule has 0 radical (unpaired) electrons. The number of carbonyl (C=O) groups excluding carboxylic acids is 1. The second-order valence-corrected chi connectivity index (χ2v) is 7.53. The number of carbonyl (C=O) groups is 1. The van der Waals surface area contributed by atoms with Crippen LogP contribution in [0.25, 0.3) is 6.08 Å². The lowest BCUT2D eigenvalue weighted by molar-refractivity contribution is -0.112. The van der Waals surface area contributed by atoms with Gasteiger partial charge in [0.25, 0.3) is 5.91 Å². The molecule has 180 valence electrons. The summed E-state index contributed by atoms with van der Waals surface area (Å²) in [5, 5.41) is 12.5. The average Bonchev–Trinajstić information content (AvgIpc) is 2.87. The van der Waals surface area contributed by atoms with Crippen molar-refractivity contribution >= 4 is 29.3 Å². The molecule has 0 saturated carbocycles. The molecule has 0 aromatic heterocycles. The van der Waals surface area contributed by atoms with Gasteiger partial charge in [0, 0.05) is 5.69 Å². The second-order valence-electron chi connectivity index (χ2n) is 7.13. The van der Waals surface area contributed by atoms with Crippen molar-refractivity contribution in [2.75, 3.05) is 32.2 Å². The van der Waals surface area contributed by atoms with Gasteiger partial charge in [-0.25, -0.2) is 0 Å². The van der Waals surface area contributed by atoms with Crippen LogP contribution in [0, 0.1) is 11.3 Å². The fourth-order valence-electron chi connectivity index (χ4n) is 3.08. The van der Waals surface area contributed by atoms with Crippen LogP contribution in [0.2, 0.25) is 5.02 Å². The minimum atomic E-state index is -0.524. The number of nitrogens with zero attached hydrogens (tertiary/aromatic N) is 1. The summed E-state index contributed by atoms with van der Waals surface area (Å²) in [5.74, 6) is 1.66. The van der Waals surface area contributed by atoms with Crippen molar-refractivity contribution in [2.24, 2.45) is 0 Å². The monoisotopic (exact) mass is 492 g/mol. The smallest absolute Gasteiger partial charge is 0.266 e. The zero-order valence-corrected chi connectivity index (χ0v) is 20.2. The molecule has 0 spiro atoms. The third kappa shape index (κ3) is 7.42. The molecule has 3 aromatic carbocycles. The van der Waals surface area contributed by atoms with E-state index in [-0.39, 0.29) is 23.8 Å². The number of ether oxygens (including phenoxy) is 4. The fourth-order valence-corrected chi connectivity index (χ4v) is 3.36. The molecule has 1 amide bonds. The number of rotatable bonds is 11. The van der Waals surface area contributed by atoms with Crippen LogP contribution in [-0.2, 0) is 4.79 Å². The standard InChI is InChI=1S/C27H25ClN2O5/c1-3-33-25-17-19(15-20(18-29)27(31)30-21-7-5-4-6-8-21)16-24(28)26(25)35-14-13-34-23-11-9-22(32-2)10-12-23/h4-12,15-17H,3,13-14H2,1-2H3,(H,30,31)/b20-15+. The summed E-state index contributed by atoms with van der Waals surface area (Å²) in [4.78, 5) is 12.5. The summed E-state index contributed by atoms with van der Waals surface area (Å²) in [6.07, 6.45) is 1.45. The van der Waals surface area contributed by atoms with Gasteiger partial charge in [0.2, 0.25) is 0 Å². The maximum Gasteiger partial charge on any atom is 0.266 e. The number of hydrogen-bond acceptors (Lipinski definition) is 6. The van der Waals surface area contributed by atoms with Gasteiger partial charge >= 0.3 is 0 Å². The number of nitriles is 1. The lowest BCUT2D eigenvalue weighted by Gasteiger charge is -2.15. The Morgan fingerprint density at radius 3 is 2.34 bits per heavy atom. The molecule has 1 N–H and O–H groups in total. The van der Waals surface area contributed by atoms with Gasteiger partial charge < -0.3 is 24.3 Å². The van der Waals surface area contributed by atoms with Crippen molar-refractivity contribution in [3.8, 4) is 29.1 Å². The van der Waals surface area contributed by atoms with Crippen molar-refractivity contribution in [1.82, 2.24) is 0 Å². The highest BCUT2D eigenvalue weighted by atomic mass is 35.5. The van der Waals surface area contributed by atoms with Gasteiger partial charge in [0.05, 0.1) is 18.7 Å². The molecule has 0 unspecified atom stereocenters. The molecule has 0 aliphatic carbocycles. The fraction of sp³-hybridized carbons (Fsp3) is 0.185. The van der Waals surface area contributed by atoms with E-state index in [1.54, 1.807) is 55.6 Å². The Morgan fingerprint density at radius 1 is 1.00 bits per heavy atom. The molecule has 0 atom stereocenters. The van der Waals surface area contributed by atoms with E-state index < -0.39 is 5.91 Å². The summed E-state index contributed by atoms with van der Waals surface area (Å²) in [6, 6.07) is 21.3. The molecule has 0 saturated heterocycles. The van der Waals surface area contributed by atoms with Gasteiger partial charge in [-0.15, -0.1) is 0 Å². The molecule has 8 heteroatoms. The minimum Gasteiger partial charge on any atom is -0.497 e. The van der Waals surface area contributed by atoms with Crippen LogP contribution < -0.4 is 24.3 Å². The van der Waals surface area contributed by atoms with E-state index in [1.807, 2.05) is 31.2 Å². The number of methoxy groups -OCH3 is 1. The third-order valence-corrected chi connectivity index (χ3v) is 4.98. The van der Waals surface area contributed by atoms with Gasteiger partial charge in [-0.3, -0.25) is 4.79 Å². The largest absolute Gasteiger partial charge is 0.497 e. The maximum atomic E-state index is 12.5. The topological polar surface area (TPSA) is 89.8 Å². The molecule has 0 bridgehead atoms. The van der Waals surface area contributed by atoms with Crippen LogP contribution in [0.4, 0.5) is 5.69 Å².